The van der Waals surface area contributed by atoms with Crippen LogP contribution in [0.3, 0.4) is 0 Å². The van der Waals surface area contributed by atoms with Crippen molar-refractivity contribution in [1.82, 2.24) is 10.6 Å². The van der Waals surface area contributed by atoms with Gasteiger partial charge in [0, 0.05) is 18.5 Å². The zero-order valence-electron chi connectivity index (χ0n) is 17.9. The lowest BCUT2D eigenvalue weighted by Crippen LogP contribution is -2.31. The lowest BCUT2D eigenvalue weighted by Gasteiger charge is -2.22. The molecule has 27 heavy (non-hydrogen) atoms. The largest absolute Gasteiger partial charge is 0.356 e. The highest BCUT2D eigenvalue weighted by atomic mass is 16.1. The van der Waals surface area contributed by atoms with Crippen LogP contribution in [0.5, 0.6) is 0 Å². The first kappa shape index (κ1) is 22.7. The van der Waals surface area contributed by atoms with E-state index in [0.717, 1.165) is 31.8 Å². The Kier molecular flexibility index (Phi) is 12.9. The number of carbonyl (C=O) groups is 1. The Bertz CT molecular complexity index is 359. The molecule has 2 saturated carbocycles. The zero-order valence-corrected chi connectivity index (χ0v) is 17.9. The van der Waals surface area contributed by atoms with Crippen molar-refractivity contribution < 1.29 is 4.79 Å². The molecule has 0 atom stereocenters. The highest BCUT2D eigenvalue weighted by Crippen LogP contribution is 2.24. The van der Waals surface area contributed by atoms with E-state index in [4.69, 9.17) is 0 Å². The SMILES string of the molecule is O=C(NCCCCCCCCCCCCNC1CCCCC1)C1CCCC1. The van der Waals surface area contributed by atoms with E-state index >= 15 is 0 Å². The van der Waals surface area contributed by atoms with Crippen molar-refractivity contribution in [3.05, 3.63) is 0 Å². The second-order valence-electron chi connectivity index (χ2n) is 9.10. The van der Waals surface area contributed by atoms with Crippen LogP contribution in [-0.2, 0) is 4.79 Å². The first-order valence-electron chi connectivity index (χ1n) is 12.4. The molecule has 3 nitrogen and oxygen atoms in total. The predicted octanol–water partition coefficient (Wildman–Crippen LogP) is 6.12. The van der Waals surface area contributed by atoms with Gasteiger partial charge in [0.05, 0.1) is 0 Å². The standard InChI is InChI=1S/C24H46N2O/c27-24(22-16-12-13-17-22)26-21-15-8-6-4-2-1-3-5-7-14-20-25-23-18-10-9-11-19-23/h22-23,25H,1-21H2,(H,26,27). The fourth-order valence-corrected chi connectivity index (χ4v) is 4.82. The van der Waals surface area contributed by atoms with Crippen LogP contribution < -0.4 is 10.6 Å². The summed E-state index contributed by atoms with van der Waals surface area (Å²) in [6, 6.07) is 0.828. The van der Waals surface area contributed by atoms with E-state index in [1.54, 1.807) is 0 Å². The van der Waals surface area contributed by atoms with E-state index in [9.17, 15) is 4.79 Å². The Morgan fingerprint density at radius 2 is 1.07 bits per heavy atom. The lowest BCUT2D eigenvalue weighted by molar-refractivity contribution is -0.124. The molecule has 2 aliphatic rings. The van der Waals surface area contributed by atoms with E-state index in [1.165, 1.54) is 109 Å². The Balaban J connectivity index is 1.24. The van der Waals surface area contributed by atoms with E-state index in [-0.39, 0.29) is 0 Å². The summed E-state index contributed by atoms with van der Waals surface area (Å²) in [5.74, 6) is 0.648. The zero-order chi connectivity index (χ0) is 19.0. The van der Waals surface area contributed by atoms with Crippen LogP contribution in [0.15, 0.2) is 0 Å². The average molecular weight is 379 g/mol. The summed E-state index contributed by atoms with van der Waals surface area (Å²) in [5.41, 5.74) is 0. The first-order valence-corrected chi connectivity index (χ1v) is 12.4. The number of rotatable bonds is 15. The van der Waals surface area contributed by atoms with Gasteiger partial charge in [0.15, 0.2) is 0 Å². The van der Waals surface area contributed by atoms with Gasteiger partial charge in [0.2, 0.25) is 5.91 Å². The van der Waals surface area contributed by atoms with Gasteiger partial charge in [-0.15, -0.1) is 0 Å². The Morgan fingerprint density at radius 3 is 1.67 bits per heavy atom. The minimum atomic E-state index is 0.321. The average Bonchev–Trinajstić information content (AvgIpc) is 3.24. The summed E-state index contributed by atoms with van der Waals surface area (Å²) >= 11 is 0. The molecule has 0 bridgehead atoms. The summed E-state index contributed by atoms with van der Waals surface area (Å²) in [6.45, 7) is 2.13. The molecule has 2 fully saturated rings. The van der Waals surface area contributed by atoms with Crippen molar-refractivity contribution in [3.8, 4) is 0 Å². The first-order chi connectivity index (χ1) is 13.4. The van der Waals surface area contributed by atoms with E-state index in [2.05, 4.69) is 10.6 Å². The number of carbonyl (C=O) groups excluding carboxylic acids is 1. The molecule has 2 rings (SSSR count). The van der Waals surface area contributed by atoms with E-state index in [1.807, 2.05) is 0 Å². The molecule has 0 aromatic carbocycles. The van der Waals surface area contributed by atoms with E-state index < -0.39 is 0 Å². The molecule has 0 radical (unpaired) electrons. The number of hydrogen-bond donors (Lipinski definition) is 2. The topological polar surface area (TPSA) is 41.1 Å². The second-order valence-corrected chi connectivity index (χ2v) is 9.10. The molecule has 0 aliphatic heterocycles. The van der Waals surface area contributed by atoms with Crippen molar-refractivity contribution >= 4 is 5.91 Å². The third-order valence-corrected chi connectivity index (χ3v) is 6.67. The molecular weight excluding hydrogens is 332 g/mol. The maximum absolute atomic E-state index is 11.9. The fraction of sp³-hybridized carbons (Fsp3) is 0.958. The Labute approximate surface area is 168 Å². The molecule has 0 aromatic heterocycles. The molecule has 158 valence electrons. The number of hydrogen-bond acceptors (Lipinski definition) is 2. The van der Waals surface area contributed by atoms with E-state index in [0.29, 0.717) is 11.8 Å². The highest BCUT2D eigenvalue weighted by molar-refractivity contribution is 5.78. The van der Waals surface area contributed by atoms with Crippen LogP contribution >= 0.6 is 0 Å². The van der Waals surface area contributed by atoms with Gasteiger partial charge in [-0.1, -0.05) is 83.5 Å². The number of unbranched alkanes of at least 4 members (excludes halogenated alkanes) is 9. The number of nitrogens with one attached hydrogen (secondary N) is 2. The summed E-state index contributed by atoms with van der Waals surface area (Å²) in [6.07, 6.45) is 25.4. The third-order valence-electron chi connectivity index (χ3n) is 6.67. The molecule has 3 heteroatoms. The van der Waals surface area contributed by atoms with Crippen molar-refractivity contribution in [3.63, 3.8) is 0 Å². The Hall–Kier alpha value is -0.570. The van der Waals surface area contributed by atoms with Gasteiger partial charge < -0.3 is 10.6 Å². The molecule has 2 aliphatic carbocycles. The van der Waals surface area contributed by atoms with Crippen LogP contribution in [0.1, 0.15) is 122 Å². The van der Waals surface area contributed by atoms with Gasteiger partial charge in [-0.2, -0.15) is 0 Å². The second kappa shape index (κ2) is 15.4. The van der Waals surface area contributed by atoms with Gasteiger partial charge >= 0.3 is 0 Å². The van der Waals surface area contributed by atoms with Gasteiger partial charge in [-0.3, -0.25) is 4.79 Å². The normalized spacial score (nSPS) is 18.8. The lowest BCUT2D eigenvalue weighted by atomic mass is 9.95. The van der Waals surface area contributed by atoms with Gasteiger partial charge in [-0.05, 0) is 45.1 Å². The Morgan fingerprint density at radius 1 is 0.593 bits per heavy atom. The highest BCUT2D eigenvalue weighted by Gasteiger charge is 2.21. The molecule has 0 aromatic rings. The van der Waals surface area contributed by atoms with Crippen LogP contribution in [0.4, 0.5) is 0 Å². The monoisotopic (exact) mass is 378 g/mol. The maximum atomic E-state index is 11.9. The molecule has 0 saturated heterocycles. The molecule has 0 heterocycles. The quantitative estimate of drug-likeness (QED) is 0.337. The van der Waals surface area contributed by atoms with Crippen molar-refractivity contribution in [2.75, 3.05) is 13.1 Å². The van der Waals surface area contributed by atoms with Gasteiger partial charge in [-0.25, -0.2) is 0 Å². The van der Waals surface area contributed by atoms with Crippen molar-refractivity contribution in [1.29, 1.82) is 0 Å². The smallest absolute Gasteiger partial charge is 0.223 e. The summed E-state index contributed by atoms with van der Waals surface area (Å²) < 4.78 is 0. The molecule has 0 unspecified atom stereocenters. The fourth-order valence-electron chi connectivity index (χ4n) is 4.82. The molecule has 1 amide bonds. The predicted molar refractivity (Wildman–Crippen MR) is 116 cm³/mol. The maximum Gasteiger partial charge on any atom is 0.223 e. The minimum Gasteiger partial charge on any atom is -0.356 e. The van der Waals surface area contributed by atoms with Crippen molar-refractivity contribution in [2.45, 2.75) is 128 Å². The summed E-state index contributed by atoms with van der Waals surface area (Å²) in [5, 5.41) is 6.89. The third kappa shape index (κ3) is 11.1. The molecule has 2 N–H and O–H groups in total. The summed E-state index contributed by atoms with van der Waals surface area (Å²) in [7, 11) is 0. The molecular formula is C24H46N2O. The van der Waals surface area contributed by atoms with Crippen molar-refractivity contribution in [2.24, 2.45) is 5.92 Å². The minimum absolute atomic E-state index is 0.321. The van der Waals surface area contributed by atoms with Crippen LogP contribution in [0, 0.1) is 5.92 Å². The van der Waals surface area contributed by atoms with Crippen LogP contribution in [0.2, 0.25) is 0 Å². The van der Waals surface area contributed by atoms with Crippen LogP contribution in [-0.4, -0.2) is 25.0 Å². The summed E-state index contributed by atoms with van der Waals surface area (Å²) in [4.78, 5) is 11.9. The van der Waals surface area contributed by atoms with Gasteiger partial charge in [0.25, 0.3) is 0 Å². The molecule has 0 spiro atoms. The number of amides is 1. The van der Waals surface area contributed by atoms with Crippen LogP contribution in [0.25, 0.3) is 0 Å². The van der Waals surface area contributed by atoms with Gasteiger partial charge in [0.1, 0.15) is 0 Å².